The van der Waals surface area contributed by atoms with Gasteiger partial charge in [-0.05, 0) is 12.1 Å². The Labute approximate surface area is 137 Å². The summed E-state index contributed by atoms with van der Waals surface area (Å²) in [5.41, 5.74) is 0.804. The number of pyridine rings is 1. The predicted octanol–water partition coefficient (Wildman–Crippen LogP) is 0.207. The first-order chi connectivity index (χ1) is 11.6. The van der Waals surface area contributed by atoms with E-state index in [1.165, 1.54) is 0 Å². The van der Waals surface area contributed by atoms with E-state index in [-0.39, 0.29) is 29.3 Å². The van der Waals surface area contributed by atoms with E-state index in [0.717, 1.165) is 6.26 Å². The maximum Gasteiger partial charge on any atom is 0.416 e. The number of nitrogens with one attached hydrogen (secondary N) is 1. The van der Waals surface area contributed by atoms with Crippen LogP contribution in [-0.2, 0) is 0 Å². The first-order valence-electron chi connectivity index (χ1n) is 7.78. The summed E-state index contributed by atoms with van der Waals surface area (Å²) in [6.45, 7) is 2.43. The molecular formula is C16H16N4O4. The molecule has 8 heteroatoms. The molecule has 2 saturated heterocycles. The summed E-state index contributed by atoms with van der Waals surface area (Å²) >= 11 is 0. The van der Waals surface area contributed by atoms with Gasteiger partial charge in [0.15, 0.2) is 0 Å². The number of carbonyl (C=O) groups is 2. The van der Waals surface area contributed by atoms with Crippen LogP contribution in [0.4, 0.5) is 0 Å². The zero-order valence-electron chi connectivity index (χ0n) is 12.8. The minimum absolute atomic E-state index is 0.00356. The van der Waals surface area contributed by atoms with Gasteiger partial charge in [-0.2, -0.15) is 0 Å². The van der Waals surface area contributed by atoms with Crippen molar-refractivity contribution in [3.05, 3.63) is 52.6 Å². The monoisotopic (exact) mass is 328 g/mol. The number of carbonyl (C=O) groups excluding carboxylic acids is 2. The maximum atomic E-state index is 12.5. The van der Waals surface area contributed by atoms with E-state index in [9.17, 15) is 14.4 Å². The molecule has 0 radical (unpaired) electrons. The minimum Gasteiger partial charge on any atom is -0.416 e. The number of nitrogens with zero attached hydrogens (tertiary/aromatic N) is 3. The summed E-state index contributed by atoms with van der Waals surface area (Å²) in [6.07, 6.45) is 4.37. The quantitative estimate of drug-likeness (QED) is 0.849. The average Bonchev–Trinajstić information content (AvgIpc) is 3.28. The second-order valence-electron chi connectivity index (χ2n) is 6.24. The van der Waals surface area contributed by atoms with Crippen LogP contribution < -0.4 is 5.76 Å². The Morgan fingerprint density at radius 2 is 1.62 bits per heavy atom. The number of rotatable bonds is 2. The molecule has 4 rings (SSSR count). The number of hydrogen-bond donors (Lipinski definition) is 1. The highest BCUT2D eigenvalue weighted by Crippen LogP contribution is 2.32. The molecule has 124 valence electrons. The molecule has 0 aliphatic carbocycles. The molecule has 2 amide bonds. The van der Waals surface area contributed by atoms with E-state index in [1.807, 2.05) is 4.90 Å². The SMILES string of the molecule is O=C(c1ccncc1)N1C[C@@H]2CN(C(=O)c3coc(=O)[nH]3)C[C@@H]2C1. The van der Waals surface area contributed by atoms with Crippen molar-refractivity contribution in [1.82, 2.24) is 19.8 Å². The first-order valence-corrected chi connectivity index (χ1v) is 7.78. The highest BCUT2D eigenvalue weighted by molar-refractivity contribution is 5.94. The molecule has 24 heavy (non-hydrogen) atoms. The van der Waals surface area contributed by atoms with Crippen LogP contribution in [0, 0.1) is 11.8 Å². The number of aromatic amines is 1. The van der Waals surface area contributed by atoms with Crippen molar-refractivity contribution in [3.63, 3.8) is 0 Å². The van der Waals surface area contributed by atoms with Gasteiger partial charge in [-0.1, -0.05) is 0 Å². The lowest BCUT2D eigenvalue weighted by atomic mass is 10.0. The topological polar surface area (TPSA) is 99.5 Å². The number of amides is 2. The molecule has 2 aliphatic rings. The van der Waals surface area contributed by atoms with Gasteiger partial charge in [0.2, 0.25) is 0 Å². The number of aromatic nitrogens is 2. The van der Waals surface area contributed by atoms with Gasteiger partial charge in [0.25, 0.3) is 11.8 Å². The van der Waals surface area contributed by atoms with Gasteiger partial charge in [-0.25, -0.2) is 4.79 Å². The maximum absolute atomic E-state index is 12.5. The van der Waals surface area contributed by atoms with Crippen molar-refractivity contribution < 1.29 is 14.0 Å². The fourth-order valence-corrected chi connectivity index (χ4v) is 3.56. The zero-order valence-corrected chi connectivity index (χ0v) is 12.8. The summed E-state index contributed by atoms with van der Waals surface area (Å²) in [4.78, 5) is 45.7. The third kappa shape index (κ3) is 2.49. The summed E-state index contributed by atoms with van der Waals surface area (Å²) in [6, 6.07) is 3.42. The standard InChI is InChI=1S/C16H16N4O4/c21-14(10-1-3-17-4-2-10)19-5-11-7-20(8-12(11)6-19)15(22)13-9-24-16(23)18-13/h1-4,9,11-12H,5-8H2,(H,18,23)/t11-,12+. The van der Waals surface area contributed by atoms with Crippen molar-refractivity contribution in [3.8, 4) is 0 Å². The van der Waals surface area contributed by atoms with Crippen LogP contribution in [0.2, 0.25) is 0 Å². The Balaban J connectivity index is 1.41. The summed E-state index contributed by atoms with van der Waals surface area (Å²) in [5, 5.41) is 0. The van der Waals surface area contributed by atoms with Gasteiger partial charge in [0.05, 0.1) is 0 Å². The lowest BCUT2D eigenvalue weighted by Crippen LogP contribution is -2.35. The Bertz CT molecular complexity index is 814. The second-order valence-corrected chi connectivity index (χ2v) is 6.24. The fraction of sp³-hybridized carbons (Fsp3) is 0.375. The van der Waals surface area contributed by atoms with Crippen LogP contribution in [-0.4, -0.2) is 57.8 Å². The molecule has 0 unspecified atom stereocenters. The summed E-state index contributed by atoms with van der Waals surface area (Å²) in [5.74, 6) is -0.338. The fourth-order valence-electron chi connectivity index (χ4n) is 3.56. The third-order valence-electron chi connectivity index (χ3n) is 4.74. The molecular weight excluding hydrogens is 312 g/mol. The average molecular weight is 328 g/mol. The molecule has 2 fully saturated rings. The number of likely N-dealkylation sites (tertiary alicyclic amines) is 2. The molecule has 0 bridgehead atoms. The molecule has 4 heterocycles. The normalized spacial score (nSPS) is 22.7. The zero-order chi connectivity index (χ0) is 16.7. The smallest absolute Gasteiger partial charge is 0.416 e. The van der Waals surface area contributed by atoms with Gasteiger partial charge in [-0.3, -0.25) is 19.6 Å². The molecule has 2 atom stereocenters. The van der Waals surface area contributed by atoms with Gasteiger partial charge < -0.3 is 14.2 Å². The van der Waals surface area contributed by atoms with Crippen LogP contribution >= 0.6 is 0 Å². The molecule has 2 aromatic heterocycles. The van der Waals surface area contributed by atoms with Crippen molar-refractivity contribution in [2.45, 2.75) is 0 Å². The molecule has 1 N–H and O–H groups in total. The van der Waals surface area contributed by atoms with Crippen LogP contribution in [0.3, 0.4) is 0 Å². The summed E-state index contributed by atoms with van der Waals surface area (Å²) in [7, 11) is 0. The largest absolute Gasteiger partial charge is 0.416 e. The van der Waals surface area contributed by atoms with Crippen molar-refractivity contribution in [1.29, 1.82) is 0 Å². The Morgan fingerprint density at radius 3 is 2.17 bits per heavy atom. The van der Waals surface area contributed by atoms with Gasteiger partial charge >= 0.3 is 5.76 Å². The van der Waals surface area contributed by atoms with Crippen molar-refractivity contribution >= 4 is 11.8 Å². The minimum atomic E-state index is -0.633. The molecule has 8 nitrogen and oxygen atoms in total. The second kappa shape index (κ2) is 5.63. The highest BCUT2D eigenvalue weighted by atomic mass is 16.4. The molecule has 0 saturated carbocycles. The number of fused-ring (bicyclic) bond motifs is 1. The molecule has 0 spiro atoms. The van der Waals surface area contributed by atoms with E-state index in [4.69, 9.17) is 0 Å². The van der Waals surface area contributed by atoms with Gasteiger partial charge in [0, 0.05) is 56.0 Å². The highest BCUT2D eigenvalue weighted by Gasteiger charge is 2.43. The first kappa shape index (κ1) is 14.7. The van der Waals surface area contributed by atoms with Crippen LogP contribution in [0.25, 0.3) is 0 Å². The Morgan fingerprint density at radius 1 is 1.04 bits per heavy atom. The van der Waals surface area contributed by atoms with Crippen LogP contribution in [0.5, 0.6) is 0 Å². The summed E-state index contributed by atoms with van der Waals surface area (Å²) < 4.78 is 4.62. The van der Waals surface area contributed by atoms with E-state index >= 15 is 0 Å². The van der Waals surface area contributed by atoms with Crippen LogP contribution in [0.15, 0.2) is 40.0 Å². The van der Waals surface area contributed by atoms with Gasteiger partial charge in [-0.15, -0.1) is 0 Å². The van der Waals surface area contributed by atoms with E-state index in [0.29, 0.717) is 31.7 Å². The number of hydrogen-bond acceptors (Lipinski definition) is 5. The number of oxazole rings is 1. The Kier molecular flexibility index (Phi) is 3.44. The lowest BCUT2D eigenvalue weighted by Gasteiger charge is -2.21. The third-order valence-corrected chi connectivity index (χ3v) is 4.74. The lowest BCUT2D eigenvalue weighted by molar-refractivity contribution is 0.0735. The van der Waals surface area contributed by atoms with E-state index in [2.05, 4.69) is 14.4 Å². The number of H-pyrrole nitrogens is 1. The van der Waals surface area contributed by atoms with Crippen molar-refractivity contribution in [2.24, 2.45) is 11.8 Å². The predicted molar refractivity (Wildman–Crippen MR) is 82.4 cm³/mol. The molecule has 2 aliphatic heterocycles. The molecule has 2 aromatic rings. The van der Waals surface area contributed by atoms with E-state index in [1.54, 1.807) is 29.4 Å². The molecule has 0 aromatic carbocycles. The van der Waals surface area contributed by atoms with Gasteiger partial charge in [0.1, 0.15) is 12.0 Å². The van der Waals surface area contributed by atoms with E-state index < -0.39 is 5.76 Å². The Hall–Kier alpha value is -2.90. The van der Waals surface area contributed by atoms with Crippen molar-refractivity contribution in [2.75, 3.05) is 26.2 Å². The van der Waals surface area contributed by atoms with Crippen LogP contribution in [0.1, 0.15) is 20.8 Å².